The van der Waals surface area contributed by atoms with Crippen molar-refractivity contribution in [2.45, 2.75) is 0 Å². The summed E-state index contributed by atoms with van der Waals surface area (Å²) < 4.78 is 18.9. The Kier molecular flexibility index (Phi) is 4.77. The van der Waals surface area contributed by atoms with Crippen molar-refractivity contribution in [1.82, 2.24) is 9.88 Å². The number of amides is 1. The molecule has 0 bridgehead atoms. The summed E-state index contributed by atoms with van der Waals surface area (Å²) >= 11 is 0. The lowest BCUT2D eigenvalue weighted by molar-refractivity contribution is 0.0745. The van der Waals surface area contributed by atoms with Crippen molar-refractivity contribution in [3.8, 4) is 17.5 Å². The molecule has 140 valence electrons. The van der Waals surface area contributed by atoms with Crippen LogP contribution in [0.5, 0.6) is 0 Å². The lowest BCUT2D eigenvalue weighted by atomic mass is 10.2. The first kappa shape index (κ1) is 17.7. The molecule has 0 N–H and O–H groups in total. The van der Waals surface area contributed by atoms with E-state index >= 15 is 0 Å². The summed E-state index contributed by atoms with van der Waals surface area (Å²) in [7, 11) is 0. The number of hydrogen-bond donors (Lipinski definition) is 0. The normalized spacial score (nSPS) is 14.0. The number of aromatic nitrogens is 1. The molecule has 3 aromatic rings. The van der Waals surface area contributed by atoms with Gasteiger partial charge in [0.15, 0.2) is 0 Å². The average molecular weight is 376 g/mol. The smallest absolute Gasteiger partial charge is 0.253 e. The predicted molar refractivity (Wildman–Crippen MR) is 101 cm³/mol. The van der Waals surface area contributed by atoms with E-state index in [1.807, 2.05) is 35.2 Å². The second-order valence-corrected chi connectivity index (χ2v) is 6.44. The zero-order valence-corrected chi connectivity index (χ0v) is 15.0. The van der Waals surface area contributed by atoms with Crippen LogP contribution in [0.4, 0.5) is 10.3 Å². The van der Waals surface area contributed by atoms with Gasteiger partial charge in [0.1, 0.15) is 11.9 Å². The third kappa shape index (κ3) is 3.45. The van der Waals surface area contributed by atoms with Crippen LogP contribution in [0.1, 0.15) is 16.1 Å². The zero-order chi connectivity index (χ0) is 19.5. The molecule has 1 fully saturated rings. The molecule has 1 saturated heterocycles. The maximum absolute atomic E-state index is 13.1. The van der Waals surface area contributed by atoms with Crippen LogP contribution in [0, 0.1) is 17.1 Å². The Morgan fingerprint density at radius 1 is 1.04 bits per heavy atom. The van der Waals surface area contributed by atoms with Crippen molar-refractivity contribution < 1.29 is 13.6 Å². The third-order valence-corrected chi connectivity index (χ3v) is 4.68. The van der Waals surface area contributed by atoms with Gasteiger partial charge in [-0.15, -0.1) is 0 Å². The van der Waals surface area contributed by atoms with Crippen molar-refractivity contribution in [2.75, 3.05) is 31.1 Å². The molecule has 28 heavy (non-hydrogen) atoms. The highest BCUT2D eigenvalue weighted by Crippen LogP contribution is 2.28. The highest BCUT2D eigenvalue weighted by molar-refractivity contribution is 5.94. The standard InChI is InChI=1S/C21H17FN4O2/c22-17-8-6-16(7-9-17)20(27)25-10-12-26(13-11-25)21-18(14-23)24-19(28-21)15-4-2-1-3-5-15/h1-9H,10-13H2. The van der Waals surface area contributed by atoms with Gasteiger partial charge >= 0.3 is 0 Å². The van der Waals surface area contributed by atoms with E-state index in [1.165, 1.54) is 24.3 Å². The minimum Gasteiger partial charge on any atom is -0.419 e. The van der Waals surface area contributed by atoms with Gasteiger partial charge in [-0.05, 0) is 36.4 Å². The van der Waals surface area contributed by atoms with Gasteiger partial charge in [-0.2, -0.15) is 10.2 Å². The van der Waals surface area contributed by atoms with Crippen LogP contribution < -0.4 is 4.90 Å². The Balaban J connectivity index is 1.48. The molecular formula is C21H17FN4O2. The van der Waals surface area contributed by atoms with Crippen LogP contribution in [0.2, 0.25) is 0 Å². The summed E-state index contributed by atoms with van der Waals surface area (Å²) in [5, 5.41) is 9.43. The first-order valence-corrected chi connectivity index (χ1v) is 8.92. The van der Waals surface area contributed by atoms with Crippen molar-refractivity contribution >= 4 is 11.8 Å². The third-order valence-electron chi connectivity index (χ3n) is 4.68. The zero-order valence-electron chi connectivity index (χ0n) is 15.0. The Hall–Kier alpha value is -3.66. The van der Waals surface area contributed by atoms with Crippen molar-refractivity contribution in [1.29, 1.82) is 5.26 Å². The number of carbonyl (C=O) groups excluding carboxylic acids is 1. The molecule has 1 aliphatic rings. The topological polar surface area (TPSA) is 73.4 Å². The fourth-order valence-electron chi connectivity index (χ4n) is 3.19. The van der Waals surface area contributed by atoms with Gasteiger partial charge in [-0.25, -0.2) is 4.39 Å². The Morgan fingerprint density at radius 2 is 1.71 bits per heavy atom. The number of hydrogen-bond acceptors (Lipinski definition) is 5. The summed E-state index contributed by atoms with van der Waals surface area (Å²) in [6, 6.07) is 17.0. The Bertz CT molecular complexity index is 1020. The molecule has 4 rings (SSSR count). The number of benzene rings is 2. The number of rotatable bonds is 3. The van der Waals surface area contributed by atoms with E-state index in [1.54, 1.807) is 4.90 Å². The van der Waals surface area contributed by atoms with E-state index in [2.05, 4.69) is 11.1 Å². The second-order valence-electron chi connectivity index (χ2n) is 6.44. The van der Waals surface area contributed by atoms with E-state index in [4.69, 9.17) is 4.42 Å². The molecular weight excluding hydrogens is 359 g/mol. The van der Waals surface area contributed by atoms with Crippen LogP contribution >= 0.6 is 0 Å². The molecule has 0 unspecified atom stereocenters. The first-order chi connectivity index (χ1) is 13.7. The molecule has 0 radical (unpaired) electrons. The molecule has 1 aromatic heterocycles. The SMILES string of the molecule is N#Cc1nc(-c2ccccc2)oc1N1CCN(C(=O)c2ccc(F)cc2)CC1. The second kappa shape index (κ2) is 7.53. The minimum atomic E-state index is -0.370. The quantitative estimate of drug-likeness (QED) is 0.701. The highest BCUT2D eigenvalue weighted by atomic mass is 19.1. The molecule has 1 amide bonds. The molecule has 1 aliphatic heterocycles. The maximum Gasteiger partial charge on any atom is 0.253 e. The van der Waals surface area contributed by atoms with Crippen LogP contribution in [-0.4, -0.2) is 42.0 Å². The molecule has 2 heterocycles. The van der Waals surface area contributed by atoms with Crippen molar-refractivity contribution in [2.24, 2.45) is 0 Å². The van der Waals surface area contributed by atoms with E-state index in [0.717, 1.165) is 5.56 Å². The summed E-state index contributed by atoms with van der Waals surface area (Å²) in [5.41, 5.74) is 1.49. The fourth-order valence-corrected chi connectivity index (χ4v) is 3.19. The molecule has 6 nitrogen and oxygen atoms in total. The van der Waals surface area contributed by atoms with Gasteiger partial charge in [-0.3, -0.25) is 4.79 Å². The molecule has 7 heteroatoms. The van der Waals surface area contributed by atoms with Gasteiger partial charge < -0.3 is 14.2 Å². The predicted octanol–water partition coefficient (Wildman–Crippen LogP) is 3.31. The number of carbonyl (C=O) groups is 1. The number of nitriles is 1. The van der Waals surface area contributed by atoms with E-state index in [9.17, 15) is 14.4 Å². The van der Waals surface area contributed by atoms with Gasteiger partial charge in [0.05, 0.1) is 0 Å². The molecule has 0 spiro atoms. The number of piperazine rings is 1. The monoisotopic (exact) mass is 376 g/mol. The summed E-state index contributed by atoms with van der Waals surface area (Å²) in [5.74, 6) is 0.319. The summed E-state index contributed by atoms with van der Waals surface area (Å²) in [6.45, 7) is 1.99. The number of anilines is 1. The maximum atomic E-state index is 13.1. The van der Waals surface area contributed by atoms with Gasteiger partial charge in [-0.1, -0.05) is 18.2 Å². The van der Waals surface area contributed by atoms with E-state index in [0.29, 0.717) is 43.5 Å². The first-order valence-electron chi connectivity index (χ1n) is 8.92. The van der Waals surface area contributed by atoms with Crippen LogP contribution in [-0.2, 0) is 0 Å². The van der Waals surface area contributed by atoms with Crippen LogP contribution in [0.25, 0.3) is 11.5 Å². The number of halogens is 1. The lowest BCUT2D eigenvalue weighted by Crippen LogP contribution is -2.48. The van der Waals surface area contributed by atoms with Gasteiger partial charge in [0, 0.05) is 37.3 Å². The average Bonchev–Trinajstić information content (AvgIpc) is 3.19. The number of oxazole rings is 1. The molecule has 0 atom stereocenters. The Morgan fingerprint density at radius 3 is 2.36 bits per heavy atom. The lowest BCUT2D eigenvalue weighted by Gasteiger charge is -2.34. The fraction of sp³-hybridized carbons (Fsp3) is 0.190. The largest absolute Gasteiger partial charge is 0.419 e. The minimum absolute atomic E-state index is 0.136. The summed E-state index contributed by atoms with van der Waals surface area (Å²) in [6.07, 6.45) is 0. The molecule has 2 aromatic carbocycles. The molecule has 0 saturated carbocycles. The molecule has 0 aliphatic carbocycles. The van der Waals surface area contributed by atoms with E-state index < -0.39 is 0 Å². The van der Waals surface area contributed by atoms with Crippen LogP contribution in [0.15, 0.2) is 59.0 Å². The van der Waals surface area contributed by atoms with Crippen molar-refractivity contribution in [3.63, 3.8) is 0 Å². The van der Waals surface area contributed by atoms with E-state index in [-0.39, 0.29) is 17.4 Å². The van der Waals surface area contributed by atoms with Crippen molar-refractivity contribution in [3.05, 3.63) is 71.7 Å². The number of nitrogens with zero attached hydrogens (tertiary/aromatic N) is 4. The van der Waals surface area contributed by atoms with Gasteiger partial charge in [0.2, 0.25) is 17.5 Å². The van der Waals surface area contributed by atoms with Crippen LogP contribution in [0.3, 0.4) is 0 Å². The summed E-state index contributed by atoms with van der Waals surface area (Å²) in [4.78, 5) is 20.5. The Labute approximate surface area is 161 Å². The van der Waals surface area contributed by atoms with Gasteiger partial charge in [0.25, 0.3) is 5.91 Å². The highest BCUT2D eigenvalue weighted by Gasteiger charge is 2.27.